The lowest BCUT2D eigenvalue weighted by atomic mass is 9.64. The summed E-state index contributed by atoms with van der Waals surface area (Å²) in [5, 5.41) is 18.2. The van der Waals surface area contributed by atoms with Gasteiger partial charge in [-0.3, -0.25) is 0 Å². The minimum Gasteiger partial charge on any atom is -0.457 e. The average Bonchev–Trinajstić information content (AvgIpc) is 3.67. The molecule has 1 nitrogen and oxygen atoms in total. The van der Waals surface area contributed by atoms with Crippen molar-refractivity contribution in [3.05, 3.63) is 127 Å². The highest BCUT2D eigenvalue weighted by atomic mass is 16.3. The van der Waals surface area contributed by atoms with E-state index in [2.05, 4.69) is 182 Å². The van der Waals surface area contributed by atoms with Gasteiger partial charge in [0.15, 0.2) is 0 Å². The van der Waals surface area contributed by atoms with Crippen LogP contribution >= 0.6 is 0 Å². The third-order valence-electron chi connectivity index (χ3n) is 14.2. The molecule has 1 heterocycles. The minimum atomic E-state index is 1.00. The zero-order chi connectivity index (χ0) is 39.3. The summed E-state index contributed by atoms with van der Waals surface area (Å²) in [6.07, 6.45) is 0. The normalized spacial score (nSPS) is 12.3. The first kappa shape index (κ1) is 33.9. The molecule has 12 aromatic rings. The Bertz CT molecular complexity index is 3570. The van der Waals surface area contributed by atoms with Crippen LogP contribution in [0, 0.1) is 0 Å². The third-order valence-corrected chi connectivity index (χ3v) is 14.2. The van der Waals surface area contributed by atoms with Crippen molar-refractivity contribution in [1.29, 1.82) is 0 Å². The van der Waals surface area contributed by atoms with Gasteiger partial charge in [-0.25, -0.2) is 0 Å². The average molecular weight is 728 g/mol. The highest BCUT2D eigenvalue weighted by Crippen LogP contribution is 2.44. The molecule has 11 aromatic carbocycles. The van der Waals surface area contributed by atoms with Gasteiger partial charge in [-0.1, -0.05) is 137 Å². The summed E-state index contributed by atoms with van der Waals surface area (Å²) >= 11 is 0. The standard InChI is InChI=1S/C50H35B7O/c51-42-39(45(54)49-40(43(42)52)41-44(53)46(55)47(56)48(57)50(41)58-49)30-20-28(31-15-11-26-9-7-22-3-1-5-24-13-17-33(31)37(26)35(22)24)19-29(21-30)32-16-12-27-10-8-23-4-2-6-25-14-18-34(32)38(27)36(23)25/h1-21H,51-57H2. The van der Waals surface area contributed by atoms with E-state index in [1.165, 1.54) is 147 Å². The third kappa shape index (κ3) is 4.41. The number of hydrogen-bond donors (Lipinski definition) is 0. The smallest absolute Gasteiger partial charge is 0.145 e. The van der Waals surface area contributed by atoms with Gasteiger partial charge in [0.1, 0.15) is 66.1 Å². The second-order valence-electron chi connectivity index (χ2n) is 17.0. The summed E-state index contributed by atoms with van der Waals surface area (Å²) < 4.78 is 7.00. The maximum Gasteiger partial charge on any atom is 0.145 e. The van der Waals surface area contributed by atoms with E-state index in [1.54, 1.807) is 0 Å². The molecule has 0 spiro atoms. The fraction of sp³-hybridized carbons (Fsp3) is 0. The van der Waals surface area contributed by atoms with Crippen LogP contribution in [0.1, 0.15) is 0 Å². The van der Waals surface area contributed by atoms with Crippen LogP contribution in [-0.2, 0) is 0 Å². The maximum absolute atomic E-state index is 7.00. The summed E-state index contributed by atoms with van der Waals surface area (Å²) in [5.74, 6) is 0. The molecule has 0 radical (unpaired) electrons. The van der Waals surface area contributed by atoms with E-state index in [4.69, 9.17) is 4.42 Å². The SMILES string of the molecule is Bc1c(B)c(B)c2c(oc3c(B)c(-c4cc(-c5ccc6ccc7cccc8ccc5c6c78)cc(-c5ccc6ccc7cccc8ccc5c6c78)c4)c(B)c(B)c32)c1B. The van der Waals surface area contributed by atoms with Crippen LogP contribution in [0.15, 0.2) is 132 Å². The molecule has 0 N–H and O–H groups in total. The lowest BCUT2D eigenvalue weighted by Crippen LogP contribution is -2.47. The Morgan fingerprint density at radius 1 is 0.293 bits per heavy atom. The molecule has 0 fully saturated rings. The molecule has 0 saturated heterocycles. The molecule has 58 heavy (non-hydrogen) atoms. The Hall–Kier alpha value is -6.25. The minimum absolute atomic E-state index is 1.00. The highest BCUT2D eigenvalue weighted by molar-refractivity contribution is 6.69. The van der Waals surface area contributed by atoms with Crippen molar-refractivity contribution >= 4 is 180 Å². The highest BCUT2D eigenvalue weighted by Gasteiger charge is 2.24. The molecule has 0 aliphatic heterocycles. The fourth-order valence-electron chi connectivity index (χ4n) is 10.9. The maximum atomic E-state index is 7.00. The lowest BCUT2D eigenvalue weighted by molar-refractivity contribution is 0.675. The van der Waals surface area contributed by atoms with Crippen molar-refractivity contribution in [3.8, 4) is 33.4 Å². The van der Waals surface area contributed by atoms with Gasteiger partial charge in [0.25, 0.3) is 0 Å². The number of furan rings is 1. The first-order valence-corrected chi connectivity index (χ1v) is 20.6. The van der Waals surface area contributed by atoms with E-state index < -0.39 is 0 Å². The van der Waals surface area contributed by atoms with Gasteiger partial charge >= 0.3 is 0 Å². The molecule has 0 bridgehead atoms. The van der Waals surface area contributed by atoms with Crippen LogP contribution in [0.25, 0.3) is 120 Å². The van der Waals surface area contributed by atoms with Gasteiger partial charge in [0.05, 0.1) is 0 Å². The summed E-state index contributed by atoms with van der Waals surface area (Å²) in [6.45, 7) is 0. The Kier molecular flexibility index (Phi) is 6.95. The van der Waals surface area contributed by atoms with Crippen LogP contribution in [0.5, 0.6) is 0 Å². The Morgan fingerprint density at radius 3 is 1.17 bits per heavy atom. The fourth-order valence-corrected chi connectivity index (χ4v) is 10.9. The Balaban J connectivity index is 1.19. The second-order valence-corrected chi connectivity index (χ2v) is 17.0. The van der Waals surface area contributed by atoms with Crippen LogP contribution in [0.4, 0.5) is 0 Å². The van der Waals surface area contributed by atoms with Gasteiger partial charge in [-0.15, -0.1) is 5.46 Å². The van der Waals surface area contributed by atoms with Gasteiger partial charge in [0, 0.05) is 10.8 Å². The molecule has 0 amide bonds. The predicted molar refractivity (Wildman–Crippen MR) is 275 cm³/mol. The molecule has 0 atom stereocenters. The van der Waals surface area contributed by atoms with Crippen molar-refractivity contribution in [1.82, 2.24) is 0 Å². The predicted octanol–water partition coefficient (Wildman–Crippen LogP) is 2.19. The molecule has 12 rings (SSSR count). The molecular formula is C50H35B7O. The van der Waals surface area contributed by atoms with Gasteiger partial charge in [-0.2, -0.15) is 0 Å². The van der Waals surface area contributed by atoms with E-state index in [0.717, 1.165) is 11.2 Å². The van der Waals surface area contributed by atoms with Crippen molar-refractivity contribution < 1.29 is 4.42 Å². The number of fused-ring (bicyclic) bond motifs is 3. The van der Waals surface area contributed by atoms with Crippen LogP contribution < -0.4 is 38.2 Å². The molecule has 8 heteroatoms. The van der Waals surface area contributed by atoms with Crippen molar-refractivity contribution in [2.75, 3.05) is 0 Å². The van der Waals surface area contributed by atoms with E-state index in [-0.39, 0.29) is 0 Å². The molecular weight excluding hydrogens is 692 g/mol. The van der Waals surface area contributed by atoms with Gasteiger partial charge in [-0.05, 0) is 122 Å². The summed E-state index contributed by atoms with van der Waals surface area (Å²) in [5.41, 5.74) is 18.4. The monoisotopic (exact) mass is 728 g/mol. The van der Waals surface area contributed by atoms with Crippen LogP contribution in [0.2, 0.25) is 0 Å². The van der Waals surface area contributed by atoms with Crippen molar-refractivity contribution in [2.24, 2.45) is 0 Å². The van der Waals surface area contributed by atoms with Crippen molar-refractivity contribution in [3.63, 3.8) is 0 Å². The molecule has 0 saturated carbocycles. The molecule has 0 unspecified atom stereocenters. The van der Waals surface area contributed by atoms with Crippen molar-refractivity contribution in [2.45, 2.75) is 0 Å². The largest absolute Gasteiger partial charge is 0.457 e. The van der Waals surface area contributed by atoms with E-state index in [0.29, 0.717) is 0 Å². The Morgan fingerprint density at radius 2 is 0.672 bits per heavy atom. The Labute approximate surface area is 343 Å². The van der Waals surface area contributed by atoms with Crippen LogP contribution in [0.3, 0.4) is 0 Å². The summed E-state index contributed by atoms with van der Waals surface area (Å²) in [7, 11) is 15.9. The van der Waals surface area contributed by atoms with E-state index in [1.807, 2.05) is 0 Å². The number of hydrogen-bond acceptors (Lipinski definition) is 1. The summed E-state index contributed by atoms with van der Waals surface area (Å²) in [4.78, 5) is 0. The quantitative estimate of drug-likeness (QED) is 0.201. The topological polar surface area (TPSA) is 13.1 Å². The second kappa shape index (κ2) is 11.9. The molecule has 1 aromatic heterocycles. The number of benzene rings is 11. The van der Waals surface area contributed by atoms with E-state index in [9.17, 15) is 0 Å². The van der Waals surface area contributed by atoms with Gasteiger partial charge < -0.3 is 4.42 Å². The molecule has 0 aliphatic carbocycles. The van der Waals surface area contributed by atoms with E-state index >= 15 is 0 Å². The first-order valence-electron chi connectivity index (χ1n) is 20.6. The van der Waals surface area contributed by atoms with Crippen LogP contribution in [-0.4, -0.2) is 54.9 Å². The molecule has 262 valence electrons. The zero-order valence-electron chi connectivity index (χ0n) is 34.0. The lowest BCUT2D eigenvalue weighted by Gasteiger charge is -2.20. The van der Waals surface area contributed by atoms with Gasteiger partial charge in [0.2, 0.25) is 0 Å². The number of rotatable bonds is 3. The summed E-state index contributed by atoms with van der Waals surface area (Å²) in [6, 6.07) is 48.4. The molecule has 0 aliphatic rings. The zero-order valence-corrected chi connectivity index (χ0v) is 34.0. The first-order chi connectivity index (χ1) is 28.2.